The molecule has 3 rings (SSSR count). The van der Waals surface area contributed by atoms with Gasteiger partial charge in [-0.05, 0) is 48.3 Å². The van der Waals surface area contributed by atoms with Crippen LogP contribution in [0.5, 0.6) is 0 Å². The number of halogens is 1. The number of hydrogen-bond donors (Lipinski definition) is 1. The Labute approximate surface area is 120 Å². The van der Waals surface area contributed by atoms with Crippen LogP contribution in [-0.4, -0.2) is 16.6 Å². The Hall–Kier alpha value is -0.430. The Bertz CT molecular complexity index is 488. The van der Waals surface area contributed by atoms with Crippen LogP contribution in [0.2, 0.25) is 0 Å². The van der Waals surface area contributed by atoms with Crippen molar-refractivity contribution in [1.29, 1.82) is 0 Å². The van der Waals surface area contributed by atoms with Gasteiger partial charge in [-0.2, -0.15) is 0 Å². The van der Waals surface area contributed by atoms with Crippen molar-refractivity contribution < 1.29 is 4.74 Å². The van der Waals surface area contributed by atoms with Crippen molar-refractivity contribution in [2.45, 2.75) is 50.5 Å². The lowest BCUT2D eigenvalue weighted by Crippen LogP contribution is -2.21. The van der Waals surface area contributed by atoms with Crippen LogP contribution in [0, 0.1) is 3.57 Å². The van der Waals surface area contributed by atoms with Gasteiger partial charge in [-0.1, -0.05) is 12.8 Å². The van der Waals surface area contributed by atoms with Crippen LogP contribution in [0.15, 0.2) is 4.79 Å². The molecule has 5 heteroatoms. The first-order valence-corrected chi connectivity index (χ1v) is 7.75. The zero-order valence-corrected chi connectivity index (χ0v) is 12.4. The van der Waals surface area contributed by atoms with Gasteiger partial charge in [-0.3, -0.25) is 4.79 Å². The first-order valence-electron chi connectivity index (χ1n) is 6.67. The second kappa shape index (κ2) is 5.28. The third-order valence-electron chi connectivity index (χ3n) is 3.88. The van der Waals surface area contributed by atoms with Crippen molar-refractivity contribution in [1.82, 2.24) is 9.97 Å². The molecule has 1 saturated heterocycles. The average Bonchev–Trinajstić information content (AvgIpc) is 3.03. The highest BCUT2D eigenvalue weighted by Gasteiger charge is 2.26. The summed E-state index contributed by atoms with van der Waals surface area (Å²) in [4.78, 5) is 19.6. The van der Waals surface area contributed by atoms with Crippen LogP contribution < -0.4 is 5.56 Å². The minimum absolute atomic E-state index is 0.00185. The molecular weight excluding hydrogens is 343 g/mol. The first-order chi connectivity index (χ1) is 8.75. The van der Waals surface area contributed by atoms with Crippen LogP contribution in [-0.2, 0) is 4.74 Å². The molecule has 98 valence electrons. The van der Waals surface area contributed by atoms with Crippen LogP contribution in [0.25, 0.3) is 0 Å². The van der Waals surface area contributed by atoms with Gasteiger partial charge in [0.25, 0.3) is 5.56 Å². The van der Waals surface area contributed by atoms with E-state index >= 15 is 0 Å². The maximum absolute atomic E-state index is 12.0. The van der Waals surface area contributed by atoms with Gasteiger partial charge >= 0.3 is 0 Å². The number of aromatic amines is 1. The lowest BCUT2D eigenvalue weighted by atomic mass is 10.0. The lowest BCUT2D eigenvalue weighted by molar-refractivity contribution is 0.104. The van der Waals surface area contributed by atoms with E-state index in [9.17, 15) is 4.79 Å². The molecule has 1 aliphatic heterocycles. The molecule has 0 radical (unpaired) electrons. The minimum Gasteiger partial charge on any atom is -0.370 e. The van der Waals surface area contributed by atoms with E-state index in [1.807, 2.05) is 0 Å². The second-order valence-electron chi connectivity index (χ2n) is 5.13. The standard InChI is InChI=1S/C13H17IN2O2/c14-10-11(8-4-1-2-5-8)15-12(16-13(10)17)9-6-3-7-18-9/h8-9H,1-7H2,(H,15,16,17). The normalized spacial score (nSPS) is 24.8. The smallest absolute Gasteiger partial charge is 0.264 e. The fourth-order valence-electron chi connectivity index (χ4n) is 2.91. The average molecular weight is 360 g/mol. The van der Waals surface area contributed by atoms with E-state index in [0.29, 0.717) is 5.92 Å². The number of hydrogen-bond acceptors (Lipinski definition) is 3. The number of nitrogens with zero attached hydrogens (tertiary/aromatic N) is 1. The van der Waals surface area contributed by atoms with E-state index in [-0.39, 0.29) is 11.7 Å². The third kappa shape index (κ3) is 2.34. The SMILES string of the molecule is O=c1[nH]c(C2CCCO2)nc(C2CCCC2)c1I. The number of rotatable bonds is 2. The summed E-state index contributed by atoms with van der Waals surface area (Å²) in [6, 6.07) is 0. The monoisotopic (exact) mass is 360 g/mol. The topological polar surface area (TPSA) is 55.0 Å². The fraction of sp³-hybridized carbons (Fsp3) is 0.692. The molecule has 1 N–H and O–H groups in total. The Morgan fingerprint density at radius 1 is 1.22 bits per heavy atom. The molecule has 1 atom stereocenters. The molecule has 0 aromatic carbocycles. The molecule has 0 bridgehead atoms. The molecular formula is C13H17IN2O2. The van der Waals surface area contributed by atoms with Crippen LogP contribution in [0.3, 0.4) is 0 Å². The minimum atomic E-state index is -0.00477. The van der Waals surface area contributed by atoms with E-state index in [0.717, 1.165) is 47.4 Å². The van der Waals surface area contributed by atoms with Gasteiger partial charge in [0.1, 0.15) is 11.9 Å². The Morgan fingerprint density at radius 2 is 2.00 bits per heavy atom. The molecule has 0 spiro atoms. The molecule has 0 amide bonds. The van der Waals surface area contributed by atoms with E-state index in [1.165, 1.54) is 12.8 Å². The highest BCUT2D eigenvalue weighted by atomic mass is 127. The van der Waals surface area contributed by atoms with Crippen molar-refractivity contribution in [3.05, 3.63) is 25.4 Å². The predicted molar refractivity (Wildman–Crippen MR) is 76.7 cm³/mol. The van der Waals surface area contributed by atoms with Gasteiger partial charge in [0, 0.05) is 12.5 Å². The quantitative estimate of drug-likeness (QED) is 0.826. The molecule has 1 aromatic heterocycles. The van der Waals surface area contributed by atoms with Crippen molar-refractivity contribution in [3.8, 4) is 0 Å². The second-order valence-corrected chi connectivity index (χ2v) is 6.21. The molecule has 1 aromatic rings. The summed E-state index contributed by atoms with van der Waals surface area (Å²) in [5.41, 5.74) is 1.00. The van der Waals surface area contributed by atoms with Crippen molar-refractivity contribution in [2.24, 2.45) is 0 Å². The Kier molecular flexibility index (Phi) is 3.70. The van der Waals surface area contributed by atoms with Gasteiger partial charge in [-0.15, -0.1) is 0 Å². The summed E-state index contributed by atoms with van der Waals surface area (Å²) in [6.45, 7) is 0.777. The summed E-state index contributed by atoms with van der Waals surface area (Å²) < 4.78 is 6.38. The molecule has 1 unspecified atom stereocenters. The van der Waals surface area contributed by atoms with E-state index < -0.39 is 0 Å². The molecule has 2 fully saturated rings. The summed E-state index contributed by atoms with van der Waals surface area (Å²) in [5, 5.41) is 0. The Balaban J connectivity index is 1.98. The zero-order valence-electron chi connectivity index (χ0n) is 10.2. The van der Waals surface area contributed by atoms with Gasteiger partial charge in [0.15, 0.2) is 0 Å². The van der Waals surface area contributed by atoms with Crippen LogP contribution >= 0.6 is 22.6 Å². The summed E-state index contributed by atoms with van der Waals surface area (Å²) in [5.74, 6) is 1.21. The molecule has 1 saturated carbocycles. The zero-order chi connectivity index (χ0) is 12.5. The molecule has 1 aliphatic carbocycles. The molecule has 2 aliphatic rings. The third-order valence-corrected chi connectivity index (χ3v) is 4.93. The van der Waals surface area contributed by atoms with Crippen LogP contribution in [0.4, 0.5) is 0 Å². The number of nitrogens with one attached hydrogen (secondary N) is 1. The summed E-state index contributed by atoms with van der Waals surface area (Å²) in [6.07, 6.45) is 6.85. The largest absolute Gasteiger partial charge is 0.370 e. The van der Waals surface area contributed by atoms with Crippen LogP contribution in [0.1, 0.15) is 62.1 Å². The maximum Gasteiger partial charge on any atom is 0.264 e. The summed E-state index contributed by atoms with van der Waals surface area (Å²) in [7, 11) is 0. The predicted octanol–water partition coefficient (Wildman–Crippen LogP) is 2.88. The molecule has 2 heterocycles. The van der Waals surface area contributed by atoms with Crippen molar-refractivity contribution >= 4 is 22.6 Å². The van der Waals surface area contributed by atoms with Gasteiger partial charge in [-0.25, -0.2) is 4.98 Å². The van der Waals surface area contributed by atoms with Gasteiger partial charge in [0.2, 0.25) is 0 Å². The Morgan fingerprint density at radius 3 is 2.67 bits per heavy atom. The first kappa shape index (κ1) is 12.6. The highest BCUT2D eigenvalue weighted by Crippen LogP contribution is 2.35. The fourth-order valence-corrected chi connectivity index (χ4v) is 3.61. The number of H-pyrrole nitrogens is 1. The van der Waals surface area contributed by atoms with Crippen molar-refractivity contribution in [3.63, 3.8) is 0 Å². The van der Waals surface area contributed by atoms with Gasteiger partial charge < -0.3 is 9.72 Å². The highest BCUT2D eigenvalue weighted by molar-refractivity contribution is 14.1. The number of ether oxygens (including phenoxy) is 1. The van der Waals surface area contributed by atoms with Gasteiger partial charge in [0.05, 0.1) is 9.26 Å². The summed E-state index contributed by atoms with van der Waals surface area (Å²) >= 11 is 2.13. The van der Waals surface area contributed by atoms with Crippen molar-refractivity contribution in [2.75, 3.05) is 6.61 Å². The van der Waals surface area contributed by atoms with E-state index in [4.69, 9.17) is 9.72 Å². The van der Waals surface area contributed by atoms with E-state index in [1.54, 1.807) is 0 Å². The molecule has 4 nitrogen and oxygen atoms in total. The van der Waals surface area contributed by atoms with E-state index in [2.05, 4.69) is 27.6 Å². The molecule has 18 heavy (non-hydrogen) atoms. The number of aromatic nitrogens is 2. The maximum atomic E-state index is 12.0. The lowest BCUT2D eigenvalue weighted by Gasteiger charge is -2.14.